The highest BCUT2D eigenvalue weighted by atomic mass is 35.5. The molecule has 25 heavy (non-hydrogen) atoms. The fourth-order valence-electron chi connectivity index (χ4n) is 4.01. The molecule has 0 unspecified atom stereocenters. The maximum atomic E-state index is 12.5. The molecule has 1 saturated heterocycles. The number of pyridine rings is 1. The van der Waals surface area contributed by atoms with Gasteiger partial charge in [-0.15, -0.1) is 10.2 Å². The number of aromatic nitrogens is 3. The largest absolute Gasteiger partial charge is 0.339 e. The Morgan fingerprint density at radius 2 is 1.88 bits per heavy atom. The van der Waals surface area contributed by atoms with Gasteiger partial charge in [0.2, 0.25) is 11.9 Å². The number of carbonyl (C=O) groups excluding carboxylic acids is 1. The van der Waals surface area contributed by atoms with Crippen LogP contribution in [-0.2, 0) is 4.79 Å². The number of piperazine rings is 1. The third kappa shape index (κ3) is 3.59. The lowest BCUT2D eigenvalue weighted by molar-refractivity contribution is -0.131. The molecule has 0 spiro atoms. The SMILES string of the molecule is O=C(CCC1CCCC1)N1CCN(c2nnc3ccc(Cl)cn23)CC1. The number of amides is 1. The minimum Gasteiger partial charge on any atom is -0.339 e. The number of anilines is 1. The first-order valence-electron chi connectivity index (χ1n) is 9.24. The Kier molecular flexibility index (Phi) is 4.79. The van der Waals surface area contributed by atoms with Crippen LogP contribution in [0.15, 0.2) is 18.3 Å². The van der Waals surface area contributed by atoms with E-state index in [4.69, 9.17) is 11.6 Å². The number of carbonyl (C=O) groups is 1. The first-order chi connectivity index (χ1) is 12.2. The van der Waals surface area contributed by atoms with E-state index in [1.165, 1.54) is 25.7 Å². The van der Waals surface area contributed by atoms with Crippen LogP contribution in [0, 0.1) is 5.92 Å². The average molecular weight is 362 g/mol. The fourth-order valence-corrected chi connectivity index (χ4v) is 4.17. The molecule has 0 atom stereocenters. The molecule has 0 N–H and O–H groups in total. The Bertz CT molecular complexity index is 747. The molecular weight excluding hydrogens is 338 g/mol. The smallest absolute Gasteiger partial charge is 0.231 e. The van der Waals surface area contributed by atoms with Gasteiger partial charge in [-0.1, -0.05) is 37.3 Å². The summed E-state index contributed by atoms with van der Waals surface area (Å²) < 4.78 is 1.92. The third-order valence-corrected chi connectivity index (χ3v) is 5.73. The van der Waals surface area contributed by atoms with Gasteiger partial charge in [-0.3, -0.25) is 9.20 Å². The van der Waals surface area contributed by atoms with Gasteiger partial charge in [0.1, 0.15) is 0 Å². The van der Waals surface area contributed by atoms with Gasteiger partial charge in [0.15, 0.2) is 5.65 Å². The molecule has 2 aliphatic rings. The van der Waals surface area contributed by atoms with E-state index in [2.05, 4.69) is 15.1 Å². The minimum atomic E-state index is 0.306. The Hall–Kier alpha value is -1.82. The van der Waals surface area contributed by atoms with Gasteiger partial charge in [-0.25, -0.2) is 0 Å². The molecule has 1 amide bonds. The number of halogens is 1. The molecule has 1 aliphatic carbocycles. The molecule has 6 nitrogen and oxygen atoms in total. The highest BCUT2D eigenvalue weighted by molar-refractivity contribution is 6.30. The summed E-state index contributed by atoms with van der Waals surface area (Å²) in [6.45, 7) is 3.06. The summed E-state index contributed by atoms with van der Waals surface area (Å²) in [5, 5.41) is 9.15. The van der Waals surface area contributed by atoms with Crippen molar-refractivity contribution in [3.63, 3.8) is 0 Å². The second-order valence-electron chi connectivity index (χ2n) is 7.13. The highest BCUT2D eigenvalue weighted by Crippen LogP contribution is 2.29. The van der Waals surface area contributed by atoms with Crippen molar-refractivity contribution >= 4 is 29.1 Å². The van der Waals surface area contributed by atoms with Crippen molar-refractivity contribution in [1.82, 2.24) is 19.5 Å². The van der Waals surface area contributed by atoms with Crippen molar-refractivity contribution in [2.45, 2.75) is 38.5 Å². The van der Waals surface area contributed by atoms with Gasteiger partial charge in [-0.05, 0) is 24.5 Å². The van der Waals surface area contributed by atoms with Gasteiger partial charge in [0.05, 0.1) is 5.02 Å². The van der Waals surface area contributed by atoms with Crippen LogP contribution in [0.3, 0.4) is 0 Å². The molecule has 2 fully saturated rings. The standard InChI is InChI=1S/C18H24ClN5O/c19-15-6-7-16-20-21-18(24(16)13-15)23-11-9-22(10-12-23)17(25)8-5-14-3-1-2-4-14/h6-7,13-14H,1-5,8-12H2. The van der Waals surface area contributed by atoms with Crippen LogP contribution in [0.4, 0.5) is 5.95 Å². The van der Waals surface area contributed by atoms with E-state index >= 15 is 0 Å². The average Bonchev–Trinajstić information content (AvgIpc) is 3.29. The monoisotopic (exact) mass is 361 g/mol. The summed E-state index contributed by atoms with van der Waals surface area (Å²) in [7, 11) is 0. The minimum absolute atomic E-state index is 0.306. The molecule has 7 heteroatoms. The second-order valence-corrected chi connectivity index (χ2v) is 7.57. The van der Waals surface area contributed by atoms with Gasteiger partial charge < -0.3 is 9.80 Å². The Morgan fingerprint density at radius 1 is 1.12 bits per heavy atom. The second kappa shape index (κ2) is 7.20. The first kappa shape index (κ1) is 16.6. The van der Waals surface area contributed by atoms with Crippen LogP contribution in [-0.4, -0.2) is 51.6 Å². The van der Waals surface area contributed by atoms with Crippen molar-refractivity contribution in [2.75, 3.05) is 31.1 Å². The molecule has 0 aromatic carbocycles. The molecule has 134 valence electrons. The van der Waals surface area contributed by atoms with E-state index in [-0.39, 0.29) is 0 Å². The number of hydrogen-bond acceptors (Lipinski definition) is 4. The molecule has 0 bridgehead atoms. The molecule has 1 saturated carbocycles. The summed E-state index contributed by atoms with van der Waals surface area (Å²) >= 11 is 6.09. The van der Waals surface area contributed by atoms with Gasteiger partial charge >= 0.3 is 0 Å². The zero-order valence-corrected chi connectivity index (χ0v) is 15.2. The van der Waals surface area contributed by atoms with Gasteiger partial charge in [0.25, 0.3) is 0 Å². The summed E-state index contributed by atoms with van der Waals surface area (Å²) in [6.07, 6.45) is 8.90. The van der Waals surface area contributed by atoms with Crippen LogP contribution in [0.2, 0.25) is 5.02 Å². The lowest BCUT2D eigenvalue weighted by Crippen LogP contribution is -2.49. The zero-order valence-electron chi connectivity index (χ0n) is 14.4. The summed E-state index contributed by atoms with van der Waals surface area (Å²) in [4.78, 5) is 16.6. The van der Waals surface area contributed by atoms with E-state index < -0.39 is 0 Å². The van der Waals surface area contributed by atoms with Crippen LogP contribution >= 0.6 is 11.6 Å². The molecule has 0 radical (unpaired) electrons. The van der Waals surface area contributed by atoms with Crippen molar-refractivity contribution < 1.29 is 4.79 Å². The molecule has 3 heterocycles. The number of hydrogen-bond donors (Lipinski definition) is 0. The van der Waals surface area contributed by atoms with Crippen molar-refractivity contribution in [2.24, 2.45) is 5.92 Å². The van der Waals surface area contributed by atoms with Crippen LogP contribution in [0.1, 0.15) is 38.5 Å². The van der Waals surface area contributed by atoms with Gasteiger partial charge in [0, 0.05) is 38.8 Å². The molecule has 2 aromatic rings. The van der Waals surface area contributed by atoms with E-state index in [0.717, 1.165) is 50.1 Å². The van der Waals surface area contributed by atoms with Gasteiger partial charge in [-0.2, -0.15) is 0 Å². The first-order valence-corrected chi connectivity index (χ1v) is 9.61. The maximum Gasteiger partial charge on any atom is 0.231 e. The number of nitrogens with zero attached hydrogens (tertiary/aromatic N) is 5. The normalized spacial score (nSPS) is 19.1. The molecule has 2 aromatic heterocycles. The Balaban J connectivity index is 1.34. The molecular formula is C18H24ClN5O. The Labute approximate surface area is 152 Å². The lowest BCUT2D eigenvalue weighted by Gasteiger charge is -2.35. The summed E-state index contributed by atoms with van der Waals surface area (Å²) in [5.74, 6) is 1.88. The highest BCUT2D eigenvalue weighted by Gasteiger charge is 2.25. The predicted octanol–water partition coefficient (Wildman–Crippen LogP) is 3.00. The number of rotatable bonds is 4. The maximum absolute atomic E-state index is 12.5. The van der Waals surface area contributed by atoms with E-state index in [0.29, 0.717) is 17.4 Å². The van der Waals surface area contributed by atoms with Crippen LogP contribution in [0.5, 0.6) is 0 Å². The Morgan fingerprint density at radius 3 is 2.64 bits per heavy atom. The van der Waals surface area contributed by atoms with Crippen molar-refractivity contribution in [3.8, 4) is 0 Å². The zero-order chi connectivity index (χ0) is 17.2. The van der Waals surface area contributed by atoms with E-state index in [9.17, 15) is 4.79 Å². The third-order valence-electron chi connectivity index (χ3n) is 5.50. The molecule has 4 rings (SSSR count). The number of fused-ring (bicyclic) bond motifs is 1. The summed E-state index contributed by atoms with van der Waals surface area (Å²) in [5.41, 5.74) is 0.787. The van der Waals surface area contributed by atoms with Crippen LogP contribution in [0.25, 0.3) is 5.65 Å². The summed E-state index contributed by atoms with van der Waals surface area (Å²) in [6, 6.07) is 3.68. The van der Waals surface area contributed by atoms with Crippen molar-refractivity contribution in [1.29, 1.82) is 0 Å². The van der Waals surface area contributed by atoms with E-state index in [1.807, 2.05) is 27.6 Å². The topological polar surface area (TPSA) is 53.7 Å². The fraction of sp³-hybridized carbons (Fsp3) is 0.611. The van der Waals surface area contributed by atoms with Crippen molar-refractivity contribution in [3.05, 3.63) is 23.4 Å². The van der Waals surface area contributed by atoms with Crippen LogP contribution < -0.4 is 4.90 Å². The predicted molar refractivity (Wildman–Crippen MR) is 98.0 cm³/mol. The van der Waals surface area contributed by atoms with E-state index in [1.54, 1.807) is 0 Å². The molecule has 1 aliphatic heterocycles. The lowest BCUT2D eigenvalue weighted by atomic mass is 10.0. The quantitative estimate of drug-likeness (QED) is 0.840.